The first-order valence-electron chi connectivity index (χ1n) is 30.3. The standard InChI is InChI=1S/C31H37O2P.C29H38O2.C16H16O/c1-23(2)29-21-20-24(3)22-30(29)33-31(32)25(4)34(26-14-8-5-9-15-26,27-16-10-6-11-17-27)28-18-12-7-13-19-28;1-20(2)27-16-11-21(3)19-28(27)31-29(30)23(5)17-22(4)18-24-12-14-26(15-13-24)25-9-7-6-8-10-25;1-13(12-17)11-14-7-9-16(10-8-14)15-5-3-2-4-6-15/h5-19,23-24,29-30H,20-22H2,1-4H3;6-10,12-15,17,20-22,27-28H,11,16,18-19H2,1-5H3;2-10,12-13H,11H2,1H3/b;23-17+;/t24-,29+,30-;21-,22-,27+,28-;13-/m110/s1. The lowest BCUT2D eigenvalue weighted by molar-refractivity contribution is -0.151. The number of hydrogen-bond acceptors (Lipinski definition) is 5. The minimum atomic E-state index is -2.38. The van der Waals surface area contributed by atoms with Gasteiger partial charge in [0.05, 0.1) is 0 Å². The van der Waals surface area contributed by atoms with Crippen molar-refractivity contribution in [1.82, 2.24) is 0 Å². The monoisotopic (exact) mass is 1110 g/mol. The number of esters is 2. The molecule has 5 nitrogen and oxygen atoms in total. The van der Waals surface area contributed by atoms with E-state index in [-0.39, 0.29) is 36.0 Å². The molecule has 2 fully saturated rings. The second-order valence-electron chi connectivity index (χ2n) is 24.3. The third-order valence-corrected chi connectivity index (χ3v) is 21.4. The van der Waals surface area contributed by atoms with Gasteiger partial charge < -0.3 is 14.3 Å². The second-order valence-corrected chi connectivity index (χ2v) is 27.8. The normalized spacial score (nSPS) is 19.7. The number of aldehydes is 1. The molecule has 0 amide bonds. The van der Waals surface area contributed by atoms with E-state index in [0.717, 1.165) is 55.7 Å². The molecule has 0 N–H and O–H groups in total. The van der Waals surface area contributed by atoms with E-state index in [4.69, 9.17) is 9.47 Å². The third kappa shape index (κ3) is 17.1. The van der Waals surface area contributed by atoms with Crippen LogP contribution >= 0.6 is 6.89 Å². The average Bonchev–Trinajstić information content (AvgIpc) is 3.68. The fraction of sp³-hybridized carbons (Fsp3) is 0.368. The Bertz CT molecular complexity index is 3030. The zero-order chi connectivity index (χ0) is 58.6. The molecule has 0 bridgehead atoms. The molecule has 8 atom stereocenters. The first-order valence-corrected chi connectivity index (χ1v) is 32.1. The van der Waals surface area contributed by atoms with Crippen molar-refractivity contribution in [3.05, 3.63) is 223 Å². The van der Waals surface area contributed by atoms with Crippen molar-refractivity contribution in [3.63, 3.8) is 0 Å². The predicted octanol–water partition coefficient (Wildman–Crippen LogP) is 17.4. The van der Waals surface area contributed by atoms with Crippen LogP contribution in [0, 0.1) is 47.3 Å². The summed E-state index contributed by atoms with van der Waals surface area (Å²) in [5, 5.41) is 4.36. The number of rotatable bonds is 17. The number of hydrogen-bond donors (Lipinski definition) is 0. The number of ether oxygens (including phenoxy) is 2. The summed E-state index contributed by atoms with van der Waals surface area (Å²) in [5.74, 6) is 3.26. The van der Waals surface area contributed by atoms with Crippen molar-refractivity contribution in [1.29, 1.82) is 0 Å². The Morgan fingerprint density at radius 3 is 1.13 bits per heavy atom. The number of benzene rings is 7. The van der Waals surface area contributed by atoms with Gasteiger partial charge in [0.2, 0.25) is 0 Å². The Morgan fingerprint density at radius 2 is 0.780 bits per heavy atom. The molecule has 82 heavy (non-hydrogen) atoms. The molecule has 0 aromatic heterocycles. The predicted molar refractivity (Wildman–Crippen MR) is 348 cm³/mol. The van der Waals surface area contributed by atoms with Crippen LogP contribution in [0.3, 0.4) is 0 Å². The molecule has 0 aliphatic heterocycles. The molecule has 0 unspecified atom stereocenters. The summed E-state index contributed by atoms with van der Waals surface area (Å²) in [5.41, 5.74) is 8.13. The molecule has 9 rings (SSSR count). The van der Waals surface area contributed by atoms with E-state index in [1.165, 1.54) is 62.1 Å². The topological polar surface area (TPSA) is 69.7 Å². The fourth-order valence-electron chi connectivity index (χ4n) is 12.3. The lowest BCUT2D eigenvalue weighted by atomic mass is 9.75. The van der Waals surface area contributed by atoms with Crippen LogP contribution in [0.15, 0.2) is 212 Å². The molecule has 0 saturated heterocycles. The van der Waals surface area contributed by atoms with E-state index >= 15 is 0 Å². The minimum Gasteiger partial charge on any atom is -0.459 e. The van der Waals surface area contributed by atoms with Crippen molar-refractivity contribution in [3.8, 4) is 22.3 Å². The molecular formula is C76H91O5P. The lowest BCUT2D eigenvalue weighted by Gasteiger charge is -2.37. The Hall–Kier alpha value is -6.81. The van der Waals surface area contributed by atoms with Gasteiger partial charge in [-0.05, 0) is 150 Å². The number of allylic oxidation sites excluding steroid dienone is 1. The lowest BCUT2D eigenvalue weighted by Crippen LogP contribution is -2.39. The maximum absolute atomic E-state index is 14.0. The van der Waals surface area contributed by atoms with Crippen molar-refractivity contribution in [2.75, 3.05) is 0 Å². The van der Waals surface area contributed by atoms with Gasteiger partial charge in [0.1, 0.15) is 18.5 Å². The molecule has 0 spiro atoms. The van der Waals surface area contributed by atoms with Crippen molar-refractivity contribution in [2.45, 2.75) is 133 Å². The van der Waals surface area contributed by atoms with Gasteiger partial charge in [0, 0.05) is 16.8 Å². The molecule has 0 heterocycles. The van der Waals surface area contributed by atoms with Gasteiger partial charge in [0.25, 0.3) is 0 Å². The summed E-state index contributed by atoms with van der Waals surface area (Å²) >= 11 is 0. The zero-order valence-electron chi connectivity index (χ0n) is 50.6. The molecule has 430 valence electrons. The highest BCUT2D eigenvalue weighted by molar-refractivity contribution is 7.96. The van der Waals surface area contributed by atoms with Crippen molar-refractivity contribution in [2.24, 2.45) is 47.3 Å². The van der Waals surface area contributed by atoms with Crippen molar-refractivity contribution < 1.29 is 23.9 Å². The van der Waals surface area contributed by atoms with Crippen LogP contribution in [-0.2, 0) is 36.7 Å². The maximum Gasteiger partial charge on any atom is 0.335 e. The van der Waals surface area contributed by atoms with Gasteiger partial charge in [0.15, 0.2) is 0 Å². The Morgan fingerprint density at radius 1 is 0.451 bits per heavy atom. The second kappa shape index (κ2) is 31.0. The van der Waals surface area contributed by atoms with E-state index in [2.05, 4.69) is 212 Å². The van der Waals surface area contributed by atoms with Gasteiger partial charge in [-0.15, -0.1) is 0 Å². The summed E-state index contributed by atoms with van der Waals surface area (Å²) in [6.07, 6.45) is 11.5. The van der Waals surface area contributed by atoms with Crippen LogP contribution in [0.25, 0.3) is 22.3 Å². The molecule has 2 aliphatic carbocycles. The summed E-state index contributed by atoms with van der Waals surface area (Å²) < 4.78 is 12.4. The average molecular weight is 1120 g/mol. The molecule has 7 aromatic carbocycles. The van der Waals surface area contributed by atoms with Crippen LogP contribution in [0.2, 0.25) is 0 Å². The Labute approximate surface area is 493 Å². The van der Waals surface area contributed by atoms with Crippen LogP contribution in [0.1, 0.15) is 119 Å². The molecular weight excluding hydrogens is 1020 g/mol. The van der Waals surface area contributed by atoms with Gasteiger partial charge in [-0.25, -0.2) is 9.59 Å². The molecule has 0 radical (unpaired) electrons. The highest BCUT2D eigenvalue weighted by Gasteiger charge is 2.37. The summed E-state index contributed by atoms with van der Waals surface area (Å²) in [6.45, 7) is 19.2. The van der Waals surface area contributed by atoms with Gasteiger partial charge >= 0.3 is 11.9 Å². The minimum absolute atomic E-state index is 0.0181. The van der Waals surface area contributed by atoms with Crippen LogP contribution in [0.4, 0.5) is 0 Å². The third-order valence-electron chi connectivity index (χ3n) is 17.0. The molecule has 2 saturated carbocycles. The van der Waals surface area contributed by atoms with Crippen LogP contribution in [0.5, 0.6) is 0 Å². The number of carbonyl (C=O) groups excluding carboxylic acids is 3. The molecule has 2 aliphatic rings. The summed E-state index contributed by atoms with van der Waals surface area (Å²) in [7, 11) is 0. The number of carbonyl (C=O) groups is 3. The quantitative estimate of drug-likeness (QED) is 0.0393. The van der Waals surface area contributed by atoms with Crippen LogP contribution < -0.4 is 15.9 Å². The smallest absolute Gasteiger partial charge is 0.335 e. The first-order chi connectivity index (χ1) is 39.6. The summed E-state index contributed by atoms with van der Waals surface area (Å²) in [4.78, 5) is 37.4. The molecule has 6 heteroatoms. The van der Waals surface area contributed by atoms with E-state index < -0.39 is 6.89 Å². The van der Waals surface area contributed by atoms with Gasteiger partial charge in [-0.1, -0.05) is 274 Å². The highest BCUT2D eigenvalue weighted by atomic mass is 31.2. The van der Waals surface area contributed by atoms with E-state index in [0.29, 0.717) is 35.5 Å². The highest BCUT2D eigenvalue weighted by Crippen LogP contribution is 2.47. The maximum atomic E-state index is 14.0. The fourth-order valence-corrected chi connectivity index (χ4v) is 16.6. The first kappa shape index (κ1) is 62.8. The summed E-state index contributed by atoms with van der Waals surface area (Å²) in [6, 6.07) is 69.5. The van der Waals surface area contributed by atoms with Gasteiger partial charge in [-0.3, -0.25) is 0 Å². The van der Waals surface area contributed by atoms with E-state index in [1.54, 1.807) is 0 Å². The zero-order valence-corrected chi connectivity index (χ0v) is 51.5. The van der Waals surface area contributed by atoms with Crippen molar-refractivity contribution >= 4 is 46.3 Å². The van der Waals surface area contributed by atoms with E-state index in [1.807, 2.05) is 63.2 Å². The van der Waals surface area contributed by atoms with E-state index in [9.17, 15) is 14.4 Å². The van der Waals surface area contributed by atoms with Gasteiger partial charge in [-0.2, -0.15) is 0 Å². The SMILES string of the molecule is C/C(=C\[C@@H](C)Cc1ccc(-c2ccccc2)cc1)C(=O)O[C@@H]1C[C@H](C)CC[C@H]1C(C)C.CC(C(=O)O[C@@H]1C[C@H](C)CC[C@H]1C(C)C)=P(c1ccccc1)(c1ccccc1)c1ccccc1.C[C@H](C=O)Cc1ccc(-c2ccccc2)cc1. The van der Waals surface area contributed by atoms with Crippen LogP contribution in [-0.4, -0.2) is 35.7 Å². The molecule has 7 aromatic rings. The largest absolute Gasteiger partial charge is 0.459 e. The Kier molecular flexibility index (Phi) is 23.8. The Balaban J connectivity index is 0.000000186.